The van der Waals surface area contributed by atoms with Gasteiger partial charge in [0.25, 0.3) is 0 Å². The minimum Gasteiger partial charge on any atom is -0.497 e. The number of rotatable bonds is 5. The predicted molar refractivity (Wildman–Crippen MR) is 161 cm³/mol. The third-order valence-electron chi connectivity index (χ3n) is 6.93. The third-order valence-corrected chi connectivity index (χ3v) is 6.93. The van der Waals surface area contributed by atoms with Crippen LogP contribution in [-0.4, -0.2) is 60.3 Å². The highest BCUT2D eigenvalue weighted by atomic mass is 35.5. The topological polar surface area (TPSA) is 89.3 Å². The molecule has 0 spiro atoms. The lowest BCUT2D eigenvalue weighted by atomic mass is 10.1. The first-order valence-electron chi connectivity index (χ1n) is 12.3. The number of halogens is 2. The van der Waals surface area contributed by atoms with Crippen LogP contribution in [-0.2, 0) is 0 Å². The quantitative estimate of drug-likeness (QED) is 0.369. The summed E-state index contributed by atoms with van der Waals surface area (Å²) in [6.45, 7) is 4.12. The summed E-state index contributed by atoms with van der Waals surface area (Å²) >= 11 is 0. The highest BCUT2D eigenvalue weighted by Gasteiger charge is 2.15. The highest BCUT2D eigenvalue weighted by molar-refractivity contribution is 5.92. The molecule has 1 saturated heterocycles. The Morgan fingerprint density at radius 2 is 1.77 bits per heavy atom. The van der Waals surface area contributed by atoms with Gasteiger partial charge in [-0.2, -0.15) is 0 Å². The van der Waals surface area contributed by atoms with Crippen molar-refractivity contribution in [2.75, 3.05) is 45.2 Å². The molecular formula is C29H30Cl2N6O2. The zero-order valence-electron chi connectivity index (χ0n) is 21.7. The predicted octanol–water partition coefficient (Wildman–Crippen LogP) is 4.62. The number of aromatic hydroxyl groups is 1. The molecule has 6 rings (SSSR count). The van der Waals surface area contributed by atoms with Crippen molar-refractivity contribution in [1.82, 2.24) is 14.9 Å². The van der Waals surface area contributed by atoms with Crippen molar-refractivity contribution in [2.24, 2.45) is 10.2 Å². The molecule has 0 unspecified atom stereocenters. The molecule has 2 aliphatic heterocycles. The molecule has 2 aliphatic rings. The van der Waals surface area contributed by atoms with Crippen molar-refractivity contribution < 1.29 is 9.84 Å². The number of H-pyrrole nitrogens is 1. The van der Waals surface area contributed by atoms with Crippen LogP contribution in [0.15, 0.2) is 71.0 Å². The first kappa shape index (κ1) is 28.2. The van der Waals surface area contributed by atoms with Crippen molar-refractivity contribution in [3.8, 4) is 11.6 Å². The lowest BCUT2D eigenvalue weighted by molar-refractivity contribution is 0.312. The molecule has 0 bridgehead atoms. The maximum absolute atomic E-state index is 10.5. The van der Waals surface area contributed by atoms with Gasteiger partial charge >= 0.3 is 0 Å². The van der Waals surface area contributed by atoms with Crippen molar-refractivity contribution in [3.05, 3.63) is 82.4 Å². The van der Waals surface area contributed by atoms with Gasteiger partial charge in [0.1, 0.15) is 11.6 Å². The molecule has 0 amide bonds. The molecule has 0 aliphatic carbocycles. The van der Waals surface area contributed by atoms with Crippen molar-refractivity contribution in [3.63, 3.8) is 0 Å². The second-order valence-electron chi connectivity index (χ2n) is 9.38. The van der Waals surface area contributed by atoms with Gasteiger partial charge in [-0.3, -0.25) is 0 Å². The Morgan fingerprint density at radius 1 is 0.949 bits per heavy atom. The molecule has 2 N–H and O–H groups in total. The molecule has 0 atom stereocenters. The number of likely N-dealkylation sites (N-methyl/N-ethyl adjacent to an activating group) is 1. The first-order chi connectivity index (χ1) is 18.1. The van der Waals surface area contributed by atoms with Crippen LogP contribution in [0.25, 0.3) is 28.8 Å². The summed E-state index contributed by atoms with van der Waals surface area (Å²) in [5, 5.41) is 22.0. The molecule has 0 saturated carbocycles. The fourth-order valence-corrected chi connectivity index (χ4v) is 4.73. The first-order valence-corrected chi connectivity index (χ1v) is 12.3. The number of piperazine rings is 1. The standard InChI is InChI=1S/C29H28N6O2.2ClH/c1-34-11-13-35(14-12-34)28-10-5-19(18-30-28)4-8-26-22-7-3-20(16-27(22)33-32-26)15-24-23-17-21(37-2)6-9-25(23)31-29(24)36;;/h3-10,15-18,31,36H,11-14H2,1-2H3;2*1H. The molecule has 2 aromatic heterocycles. The zero-order chi connectivity index (χ0) is 25.4. The molecule has 4 heterocycles. The number of pyridine rings is 1. The molecule has 1 fully saturated rings. The van der Waals surface area contributed by atoms with E-state index in [-0.39, 0.29) is 30.7 Å². The van der Waals surface area contributed by atoms with Crippen LogP contribution in [0.3, 0.4) is 0 Å². The average molecular weight is 566 g/mol. The number of nitrogens with zero attached hydrogens (tertiary/aromatic N) is 5. The number of hydrogen-bond donors (Lipinski definition) is 2. The van der Waals surface area contributed by atoms with Crippen LogP contribution in [0.2, 0.25) is 0 Å². The Kier molecular flexibility index (Phi) is 8.60. The van der Waals surface area contributed by atoms with E-state index in [2.05, 4.69) is 49.2 Å². The van der Waals surface area contributed by atoms with Gasteiger partial charge in [0.05, 0.1) is 18.5 Å². The summed E-state index contributed by atoms with van der Waals surface area (Å²) in [7, 11) is 3.78. The van der Waals surface area contributed by atoms with E-state index in [1.807, 2.05) is 60.8 Å². The lowest BCUT2D eigenvalue weighted by Gasteiger charge is -2.33. The Morgan fingerprint density at radius 3 is 2.51 bits per heavy atom. The Labute approximate surface area is 238 Å². The summed E-state index contributed by atoms with van der Waals surface area (Å²) in [5.41, 5.74) is 4.18. The van der Waals surface area contributed by atoms with Crippen LogP contribution in [0.4, 0.5) is 11.5 Å². The number of methoxy groups -OCH3 is 1. The van der Waals surface area contributed by atoms with Crippen molar-refractivity contribution >= 4 is 65.1 Å². The van der Waals surface area contributed by atoms with Crippen LogP contribution in [0, 0.1) is 0 Å². The van der Waals surface area contributed by atoms with Gasteiger partial charge in [0.2, 0.25) is 0 Å². The number of hydrogen-bond acceptors (Lipinski definition) is 7. The smallest absolute Gasteiger partial charge is 0.196 e. The highest BCUT2D eigenvalue weighted by Crippen LogP contribution is 2.30. The van der Waals surface area contributed by atoms with Crippen LogP contribution >= 0.6 is 24.8 Å². The second-order valence-corrected chi connectivity index (χ2v) is 9.38. The van der Waals surface area contributed by atoms with Crippen LogP contribution < -0.4 is 20.1 Å². The maximum Gasteiger partial charge on any atom is 0.196 e. The number of benzene rings is 2. The fourth-order valence-electron chi connectivity index (χ4n) is 4.73. The summed E-state index contributed by atoms with van der Waals surface area (Å²) in [6, 6.07) is 15.8. The number of azo groups is 1. The number of anilines is 1. The van der Waals surface area contributed by atoms with E-state index in [0.29, 0.717) is 5.56 Å². The monoisotopic (exact) mass is 564 g/mol. The van der Waals surface area contributed by atoms with Crippen LogP contribution in [0.1, 0.15) is 11.1 Å². The fraction of sp³-hybridized carbons (Fsp3) is 0.207. The number of ether oxygens (including phenoxy) is 1. The van der Waals surface area contributed by atoms with E-state index >= 15 is 0 Å². The van der Waals surface area contributed by atoms with Gasteiger partial charge in [-0.25, -0.2) is 4.98 Å². The SMILES string of the molecule is COc1ccc2[nH]c(O)c(C=c3ccc4c(c3)N=NC=4C=Cc3ccc(N4CCN(C)CC4)nc3)c2c1.Cl.Cl. The van der Waals surface area contributed by atoms with Gasteiger partial charge < -0.3 is 24.6 Å². The Balaban J connectivity index is 0.00000176. The van der Waals surface area contributed by atoms with Crippen LogP contribution in [0.5, 0.6) is 11.6 Å². The zero-order valence-corrected chi connectivity index (χ0v) is 23.3. The van der Waals surface area contributed by atoms with Crippen molar-refractivity contribution in [2.45, 2.75) is 0 Å². The summed E-state index contributed by atoms with van der Waals surface area (Å²) in [6.07, 6.45) is 7.83. The van der Waals surface area contributed by atoms with Crippen molar-refractivity contribution in [1.29, 1.82) is 0 Å². The van der Waals surface area contributed by atoms with E-state index in [1.54, 1.807) is 7.11 Å². The lowest BCUT2D eigenvalue weighted by Crippen LogP contribution is -2.44. The molecule has 4 aromatic rings. The van der Waals surface area contributed by atoms with E-state index < -0.39 is 0 Å². The largest absolute Gasteiger partial charge is 0.497 e. The van der Waals surface area contributed by atoms with Gasteiger partial charge in [0, 0.05) is 54.1 Å². The number of fused-ring (bicyclic) bond motifs is 2. The summed E-state index contributed by atoms with van der Waals surface area (Å²) < 4.78 is 5.35. The van der Waals surface area contributed by atoms with Gasteiger partial charge in [-0.1, -0.05) is 12.1 Å². The Hall–Kier alpha value is -3.85. The number of aromatic amines is 1. The summed E-state index contributed by atoms with van der Waals surface area (Å²) in [5.74, 6) is 1.87. The van der Waals surface area contributed by atoms with Gasteiger partial charge in [0.15, 0.2) is 5.88 Å². The number of nitrogens with one attached hydrogen (secondary N) is 1. The van der Waals surface area contributed by atoms with Gasteiger partial charge in [-0.15, -0.1) is 35.0 Å². The van der Waals surface area contributed by atoms with E-state index in [0.717, 1.165) is 76.0 Å². The molecule has 8 nitrogen and oxygen atoms in total. The third kappa shape index (κ3) is 5.78. The van der Waals surface area contributed by atoms with E-state index in [4.69, 9.17) is 4.74 Å². The number of aromatic nitrogens is 2. The molecule has 2 aromatic carbocycles. The summed E-state index contributed by atoms with van der Waals surface area (Å²) in [4.78, 5) is 12.3. The molecule has 10 heteroatoms. The Bertz CT molecular complexity index is 1660. The molecule has 0 radical (unpaired) electrons. The second kappa shape index (κ2) is 11.9. The van der Waals surface area contributed by atoms with Gasteiger partial charge in [-0.05, 0) is 72.4 Å². The maximum atomic E-state index is 10.5. The normalized spacial score (nSPS) is 15.5. The van der Waals surface area contributed by atoms with E-state index in [1.165, 1.54) is 0 Å². The molecular weight excluding hydrogens is 535 g/mol. The van der Waals surface area contributed by atoms with E-state index in [9.17, 15) is 5.11 Å². The average Bonchev–Trinajstić information content (AvgIpc) is 3.47. The minimum atomic E-state index is 0. The minimum absolute atomic E-state index is 0. The molecule has 202 valence electrons. The molecule has 39 heavy (non-hydrogen) atoms.